The van der Waals surface area contributed by atoms with E-state index in [1.807, 2.05) is 6.07 Å². The molecule has 1 aliphatic rings. The molecule has 1 aromatic heterocycles. The Kier molecular flexibility index (Phi) is 3.77. The van der Waals surface area contributed by atoms with Crippen LogP contribution in [0.3, 0.4) is 0 Å². The molecule has 1 atom stereocenters. The van der Waals surface area contributed by atoms with E-state index in [2.05, 4.69) is 26.2 Å². The second-order valence-corrected chi connectivity index (χ2v) is 4.65. The molecule has 0 aromatic carbocycles. The Hall–Kier alpha value is -1.10. The van der Waals surface area contributed by atoms with Crippen molar-refractivity contribution >= 4 is 21.8 Å². The number of nitrogens with zero attached hydrogens (tertiary/aromatic N) is 1. The normalized spacial score (nSPS) is 21.1. The summed E-state index contributed by atoms with van der Waals surface area (Å²) in [6, 6.07) is 1.81. The van der Waals surface area contributed by atoms with Crippen molar-refractivity contribution in [2.75, 3.05) is 6.54 Å². The zero-order valence-electron chi connectivity index (χ0n) is 8.78. The van der Waals surface area contributed by atoms with E-state index in [0.29, 0.717) is 5.75 Å². The van der Waals surface area contributed by atoms with E-state index in [9.17, 15) is 4.79 Å². The summed E-state index contributed by atoms with van der Waals surface area (Å²) in [6.07, 6.45) is 5.69. The predicted octanol–water partition coefficient (Wildman–Crippen LogP) is 1.89. The van der Waals surface area contributed by atoms with Crippen molar-refractivity contribution in [1.29, 1.82) is 0 Å². The van der Waals surface area contributed by atoms with Gasteiger partial charge < -0.3 is 10.1 Å². The molecule has 1 unspecified atom stereocenters. The highest BCUT2D eigenvalue weighted by Gasteiger charge is 2.22. The number of hydrogen-bond donors (Lipinski definition) is 1. The molecule has 0 spiro atoms. The first-order chi connectivity index (χ1) is 7.75. The smallest absolute Gasteiger partial charge is 0.261 e. The molecule has 1 N–H and O–H groups in total. The number of amides is 1. The molecule has 4 nitrogen and oxygen atoms in total. The minimum absolute atomic E-state index is 0.0301. The van der Waals surface area contributed by atoms with Crippen LogP contribution in [0.1, 0.15) is 19.3 Å². The number of pyridine rings is 1. The average Bonchev–Trinajstić information content (AvgIpc) is 2.45. The number of nitrogens with one attached hydrogen (secondary N) is 1. The van der Waals surface area contributed by atoms with Crippen LogP contribution in [0.25, 0.3) is 0 Å². The van der Waals surface area contributed by atoms with Crippen LogP contribution in [0.2, 0.25) is 0 Å². The topological polar surface area (TPSA) is 51.2 Å². The Morgan fingerprint density at radius 1 is 1.44 bits per heavy atom. The maximum atomic E-state index is 11.6. The van der Waals surface area contributed by atoms with E-state index in [0.717, 1.165) is 30.3 Å². The van der Waals surface area contributed by atoms with Gasteiger partial charge in [-0.25, -0.2) is 0 Å². The number of aromatic nitrogens is 1. The fourth-order valence-corrected chi connectivity index (χ4v) is 1.99. The minimum atomic E-state index is -0.390. The first-order valence-electron chi connectivity index (χ1n) is 5.30. The van der Waals surface area contributed by atoms with Crippen LogP contribution < -0.4 is 10.1 Å². The van der Waals surface area contributed by atoms with Gasteiger partial charge in [0.05, 0.1) is 6.20 Å². The molecular weight excluding hydrogens is 272 g/mol. The standard InChI is InChI=1S/C11H13BrN2O2/c12-8-5-9(7-13-6-8)16-10-3-1-2-4-14-11(10)15/h5-7,10H,1-4H2,(H,14,15). The van der Waals surface area contributed by atoms with Gasteiger partial charge in [0, 0.05) is 17.2 Å². The zero-order chi connectivity index (χ0) is 11.4. The SMILES string of the molecule is O=C1NCCCCC1Oc1cncc(Br)c1. The van der Waals surface area contributed by atoms with Crippen LogP contribution in [0.15, 0.2) is 22.9 Å². The summed E-state index contributed by atoms with van der Waals surface area (Å²) in [7, 11) is 0. The number of hydrogen-bond acceptors (Lipinski definition) is 3. The van der Waals surface area contributed by atoms with Gasteiger partial charge in [-0.2, -0.15) is 0 Å². The zero-order valence-corrected chi connectivity index (χ0v) is 10.4. The maximum Gasteiger partial charge on any atom is 0.261 e. The molecular formula is C11H13BrN2O2. The fourth-order valence-electron chi connectivity index (χ4n) is 1.64. The van der Waals surface area contributed by atoms with Crippen molar-refractivity contribution < 1.29 is 9.53 Å². The van der Waals surface area contributed by atoms with Gasteiger partial charge in [-0.3, -0.25) is 9.78 Å². The molecule has 1 amide bonds. The summed E-state index contributed by atoms with van der Waals surface area (Å²) in [4.78, 5) is 15.6. The van der Waals surface area contributed by atoms with Gasteiger partial charge >= 0.3 is 0 Å². The van der Waals surface area contributed by atoms with E-state index in [-0.39, 0.29) is 5.91 Å². The highest BCUT2D eigenvalue weighted by Crippen LogP contribution is 2.19. The first-order valence-corrected chi connectivity index (χ1v) is 6.10. The van der Waals surface area contributed by atoms with Gasteiger partial charge in [-0.1, -0.05) is 0 Å². The number of ether oxygens (including phenoxy) is 1. The van der Waals surface area contributed by atoms with Crippen molar-refractivity contribution in [2.24, 2.45) is 0 Å². The second-order valence-electron chi connectivity index (χ2n) is 3.73. The summed E-state index contributed by atoms with van der Waals surface area (Å²) < 4.78 is 6.47. The van der Waals surface area contributed by atoms with Gasteiger partial charge in [0.25, 0.3) is 5.91 Å². The molecule has 5 heteroatoms. The highest BCUT2D eigenvalue weighted by molar-refractivity contribution is 9.10. The number of halogens is 1. The van der Waals surface area contributed by atoms with E-state index in [1.54, 1.807) is 12.4 Å². The van der Waals surface area contributed by atoms with Crippen molar-refractivity contribution in [2.45, 2.75) is 25.4 Å². The molecule has 1 aromatic rings. The van der Waals surface area contributed by atoms with Crippen molar-refractivity contribution in [3.8, 4) is 5.75 Å². The third kappa shape index (κ3) is 2.95. The van der Waals surface area contributed by atoms with Gasteiger partial charge in [0.1, 0.15) is 5.75 Å². The lowest BCUT2D eigenvalue weighted by atomic mass is 10.2. The Balaban J connectivity index is 2.05. The summed E-state index contributed by atoms with van der Waals surface area (Å²) in [6.45, 7) is 0.745. The molecule has 0 aliphatic carbocycles. The molecule has 0 bridgehead atoms. The number of rotatable bonds is 2. The van der Waals surface area contributed by atoms with Crippen molar-refractivity contribution in [3.05, 3.63) is 22.9 Å². The van der Waals surface area contributed by atoms with Gasteiger partial charge in [0.15, 0.2) is 6.10 Å². The van der Waals surface area contributed by atoms with Crippen molar-refractivity contribution in [1.82, 2.24) is 10.3 Å². The van der Waals surface area contributed by atoms with Crippen LogP contribution in [-0.4, -0.2) is 23.5 Å². The predicted molar refractivity (Wildman–Crippen MR) is 63.2 cm³/mol. The Morgan fingerprint density at radius 2 is 2.31 bits per heavy atom. The molecule has 1 aliphatic heterocycles. The molecule has 2 rings (SSSR count). The van der Waals surface area contributed by atoms with E-state index in [1.165, 1.54) is 0 Å². The molecule has 0 radical (unpaired) electrons. The maximum absolute atomic E-state index is 11.6. The molecule has 2 heterocycles. The molecule has 0 saturated carbocycles. The molecule has 16 heavy (non-hydrogen) atoms. The quantitative estimate of drug-likeness (QED) is 0.902. The van der Waals surface area contributed by atoms with E-state index >= 15 is 0 Å². The Labute approximate surface area is 103 Å². The van der Waals surface area contributed by atoms with Crippen LogP contribution >= 0.6 is 15.9 Å². The summed E-state index contributed by atoms with van der Waals surface area (Å²) in [5, 5.41) is 2.83. The lowest BCUT2D eigenvalue weighted by Gasteiger charge is -2.15. The number of carbonyl (C=O) groups excluding carboxylic acids is 1. The number of carbonyl (C=O) groups is 1. The van der Waals surface area contributed by atoms with E-state index in [4.69, 9.17) is 4.74 Å². The minimum Gasteiger partial charge on any atom is -0.479 e. The average molecular weight is 285 g/mol. The third-order valence-corrected chi connectivity index (χ3v) is 2.88. The lowest BCUT2D eigenvalue weighted by molar-refractivity contribution is -0.127. The summed E-state index contributed by atoms with van der Waals surface area (Å²) >= 11 is 3.31. The van der Waals surface area contributed by atoms with Crippen LogP contribution in [-0.2, 0) is 4.79 Å². The molecule has 1 fully saturated rings. The van der Waals surface area contributed by atoms with Gasteiger partial charge in [0.2, 0.25) is 0 Å². The highest BCUT2D eigenvalue weighted by atomic mass is 79.9. The monoisotopic (exact) mass is 284 g/mol. The summed E-state index contributed by atoms with van der Waals surface area (Å²) in [5.41, 5.74) is 0. The van der Waals surface area contributed by atoms with Crippen LogP contribution in [0, 0.1) is 0 Å². The van der Waals surface area contributed by atoms with Gasteiger partial charge in [-0.15, -0.1) is 0 Å². The van der Waals surface area contributed by atoms with Gasteiger partial charge in [-0.05, 0) is 41.3 Å². The van der Waals surface area contributed by atoms with Crippen LogP contribution in [0.5, 0.6) is 5.75 Å². The molecule has 86 valence electrons. The van der Waals surface area contributed by atoms with Crippen molar-refractivity contribution in [3.63, 3.8) is 0 Å². The largest absolute Gasteiger partial charge is 0.479 e. The fraction of sp³-hybridized carbons (Fsp3) is 0.455. The van der Waals surface area contributed by atoms with E-state index < -0.39 is 6.10 Å². The Bertz CT molecular complexity index is 384. The third-order valence-electron chi connectivity index (χ3n) is 2.44. The first kappa shape index (κ1) is 11.4. The van der Waals surface area contributed by atoms with Crippen LogP contribution in [0.4, 0.5) is 0 Å². The summed E-state index contributed by atoms with van der Waals surface area (Å²) in [5.74, 6) is 0.592. The lowest BCUT2D eigenvalue weighted by Crippen LogP contribution is -2.36. The molecule has 1 saturated heterocycles. The second kappa shape index (κ2) is 5.30. The Morgan fingerprint density at radius 3 is 3.12 bits per heavy atom.